The number of hydrogen-bond donors (Lipinski definition) is 1. The van der Waals surface area contributed by atoms with Crippen LogP contribution in [0.25, 0.3) is 0 Å². The van der Waals surface area contributed by atoms with Gasteiger partial charge in [0.05, 0.1) is 50.1 Å². The molecule has 2 aliphatic carbocycles. The second-order valence-electron chi connectivity index (χ2n) is 13.6. The van der Waals surface area contributed by atoms with E-state index in [1.165, 1.54) is 16.7 Å². The molecule has 2 bridgehead atoms. The molecule has 2 aromatic rings. The number of amides is 1. The Labute approximate surface area is 289 Å². The van der Waals surface area contributed by atoms with Crippen molar-refractivity contribution in [2.75, 3.05) is 58.1 Å². The number of nitrogens with zero attached hydrogens (tertiary/aromatic N) is 1. The van der Waals surface area contributed by atoms with Crippen LogP contribution in [-0.4, -0.2) is 78.9 Å². The lowest BCUT2D eigenvalue weighted by atomic mass is 9.70. The van der Waals surface area contributed by atoms with E-state index in [1.54, 1.807) is 32.2 Å². The highest BCUT2D eigenvalue weighted by molar-refractivity contribution is 7.90. The Morgan fingerprint density at radius 2 is 1.92 bits per heavy atom. The first kappa shape index (κ1) is 35.0. The van der Waals surface area contributed by atoms with Crippen LogP contribution in [0.3, 0.4) is 0 Å². The normalized spacial score (nSPS) is 29.0. The van der Waals surface area contributed by atoms with Crippen LogP contribution in [0.5, 0.6) is 5.75 Å². The van der Waals surface area contributed by atoms with Gasteiger partial charge in [-0.2, -0.15) is 0 Å². The molecule has 0 aromatic heterocycles. The summed E-state index contributed by atoms with van der Waals surface area (Å²) in [5, 5.41) is -0.0565. The van der Waals surface area contributed by atoms with Gasteiger partial charge in [-0.3, -0.25) is 4.79 Å². The number of methoxy groups -OCH3 is 1. The predicted octanol–water partition coefficient (Wildman–Crippen LogP) is 5.85. The van der Waals surface area contributed by atoms with Crippen LogP contribution in [-0.2, 0) is 36.1 Å². The van der Waals surface area contributed by atoms with Gasteiger partial charge in [0.1, 0.15) is 5.75 Å². The Bertz CT molecular complexity index is 1660. The average Bonchev–Trinajstić information content (AvgIpc) is 3.20. The molecule has 11 heteroatoms. The molecule has 1 spiro atoms. The number of fused-ring (bicyclic) bond motifs is 4. The van der Waals surface area contributed by atoms with Crippen LogP contribution in [0.1, 0.15) is 61.0 Å². The molecular weight excluding hydrogens is 652 g/mol. The van der Waals surface area contributed by atoms with E-state index >= 15 is 0 Å². The molecule has 0 unspecified atom stereocenters. The predicted molar refractivity (Wildman–Crippen MR) is 188 cm³/mol. The number of carbonyl (C=O) groups excluding carboxylic acids is 1. The van der Waals surface area contributed by atoms with Gasteiger partial charge in [-0.05, 0) is 92.0 Å². The van der Waals surface area contributed by atoms with Gasteiger partial charge in [0.2, 0.25) is 10.0 Å². The van der Waals surface area contributed by atoms with Crippen molar-refractivity contribution in [3.63, 3.8) is 0 Å². The van der Waals surface area contributed by atoms with Crippen molar-refractivity contribution in [1.29, 1.82) is 0 Å². The van der Waals surface area contributed by atoms with Gasteiger partial charge in [0.15, 0.2) is 0 Å². The third kappa shape index (κ3) is 7.48. The Balaban J connectivity index is 1.36. The lowest BCUT2D eigenvalue weighted by molar-refractivity contribution is 0.0130. The van der Waals surface area contributed by atoms with Crippen molar-refractivity contribution < 1.29 is 32.2 Å². The Morgan fingerprint density at radius 3 is 2.71 bits per heavy atom. The van der Waals surface area contributed by atoms with Gasteiger partial charge >= 0.3 is 0 Å². The van der Waals surface area contributed by atoms with E-state index in [0.29, 0.717) is 58.3 Å². The average molecular weight is 699 g/mol. The number of allylic oxidation sites excluding steroid dienone is 2. The number of sulfonamides is 1. The fourth-order valence-electron chi connectivity index (χ4n) is 7.41. The summed E-state index contributed by atoms with van der Waals surface area (Å²) in [6, 6.07) is 11.4. The quantitative estimate of drug-likeness (QED) is 0.284. The minimum Gasteiger partial charge on any atom is -0.490 e. The molecule has 6 rings (SSSR count). The lowest BCUT2D eigenvalue weighted by Crippen LogP contribution is -2.48. The minimum absolute atomic E-state index is 0.215. The summed E-state index contributed by atoms with van der Waals surface area (Å²) in [4.78, 5) is 15.8. The largest absolute Gasteiger partial charge is 0.490 e. The van der Waals surface area contributed by atoms with Crippen molar-refractivity contribution in [2.24, 2.45) is 11.8 Å². The summed E-state index contributed by atoms with van der Waals surface area (Å²) < 4.78 is 52.9. The van der Waals surface area contributed by atoms with E-state index < -0.39 is 21.2 Å². The van der Waals surface area contributed by atoms with Crippen molar-refractivity contribution in [1.82, 2.24) is 4.72 Å². The van der Waals surface area contributed by atoms with Crippen LogP contribution in [0.2, 0.25) is 5.02 Å². The zero-order valence-corrected chi connectivity index (χ0v) is 29.7. The fourth-order valence-corrected chi connectivity index (χ4v) is 8.89. The van der Waals surface area contributed by atoms with Crippen LogP contribution < -0.4 is 14.4 Å². The van der Waals surface area contributed by atoms with Crippen molar-refractivity contribution in [3.05, 3.63) is 81.9 Å². The number of carbonyl (C=O) groups is 1. The van der Waals surface area contributed by atoms with Gasteiger partial charge < -0.3 is 23.8 Å². The lowest BCUT2D eigenvalue weighted by Gasteiger charge is -2.43. The first-order chi connectivity index (χ1) is 23.1. The molecule has 2 aliphatic heterocycles. The summed E-state index contributed by atoms with van der Waals surface area (Å²) >= 11 is 6.44. The molecule has 0 saturated heterocycles. The molecule has 48 heavy (non-hydrogen) atoms. The number of halogens is 1. The van der Waals surface area contributed by atoms with Gasteiger partial charge in [0.25, 0.3) is 5.91 Å². The molecule has 2 heterocycles. The van der Waals surface area contributed by atoms with E-state index in [9.17, 15) is 13.2 Å². The molecule has 0 fully saturated rings. The first-order valence-electron chi connectivity index (χ1n) is 17.0. The van der Waals surface area contributed by atoms with Gasteiger partial charge in [-0.25, -0.2) is 13.1 Å². The summed E-state index contributed by atoms with van der Waals surface area (Å²) in [5.41, 5.74) is 4.50. The molecule has 0 radical (unpaired) electrons. The molecule has 1 N–H and O–H groups in total. The maximum absolute atomic E-state index is 13.5. The van der Waals surface area contributed by atoms with E-state index in [0.717, 1.165) is 36.4 Å². The van der Waals surface area contributed by atoms with Gasteiger partial charge in [-0.1, -0.05) is 42.8 Å². The summed E-state index contributed by atoms with van der Waals surface area (Å²) in [6.45, 7) is 7.30. The molecule has 0 saturated carbocycles. The second-order valence-corrected chi connectivity index (χ2v) is 16.1. The summed E-state index contributed by atoms with van der Waals surface area (Å²) in [7, 11) is -2.30. The Hall–Kier alpha value is -2.89. The summed E-state index contributed by atoms with van der Waals surface area (Å²) in [6.07, 6.45) is 10.4. The SMILES string of the molecule is COCCOCCO[C@H]1/C=C/C[C@H](C)[C@@H](C)S(=O)(=O)NC(=O)c2ccc3c(c2)N(C[C@@H]2CC=C21)C[C@@]1(CCCc2cc(Cl)ccc21)CO3. The number of ether oxygens (including phenoxy) is 4. The molecule has 5 atom stereocenters. The second kappa shape index (κ2) is 14.9. The minimum atomic E-state index is -3.94. The van der Waals surface area contributed by atoms with Crippen LogP contribution in [0.15, 0.2) is 60.2 Å². The highest BCUT2D eigenvalue weighted by atomic mass is 35.5. The zero-order valence-electron chi connectivity index (χ0n) is 28.1. The van der Waals surface area contributed by atoms with E-state index in [-0.39, 0.29) is 28.9 Å². The van der Waals surface area contributed by atoms with Gasteiger partial charge in [0, 0.05) is 42.1 Å². The number of hydrogen-bond acceptors (Lipinski definition) is 8. The number of aryl methyl sites for hydroxylation is 1. The monoisotopic (exact) mass is 698 g/mol. The van der Waals surface area contributed by atoms with Crippen LogP contribution >= 0.6 is 11.6 Å². The Kier molecular flexibility index (Phi) is 10.9. The number of anilines is 1. The molecule has 9 nitrogen and oxygen atoms in total. The molecule has 4 aliphatic rings. The molecule has 260 valence electrons. The van der Waals surface area contributed by atoms with Crippen LogP contribution in [0, 0.1) is 11.8 Å². The zero-order chi connectivity index (χ0) is 33.9. The van der Waals surface area contributed by atoms with Crippen molar-refractivity contribution in [2.45, 2.75) is 62.7 Å². The smallest absolute Gasteiger partial charge is 0.264 e. The van der Waals surface area contributed by atoms with Crippen molar-refractivity contribution >= 4 is 33.2 Å². The third-order valence-electron chi connectivity index (χ3n) is 10.5. The third-order valence-corrected chi connectivity index (χ3v) is 12.6. The summed E-state index contributed by atoms with van der Waals surface area (Å²) in [5.74, 6) is 0.0270. The van der Waals surface area contributed by atoms with E-state index in [2.05, 4.69) is 27.8 Å². The van der Waals surface area contributed by atoms with E-state index in [4.69, 9.17) is 30.5 Å². The highest BCUT2D eigenvalue weighted by Crippen LogP contribution is 2.46. The number of benzene rings is 2. The van der Waals surface area contributed by atoms with Crippen LogP contribution in [0.4, 0.5) is 5.69 Å². The maximum atomic E-state index is 13.5. The first-order valence-corrected chi connectivity index (χ1v) is 18.9. The fraction of sp³-hybridized carbons (Fsp3) is 0.541. The molecule has 1 amide bonds. The van der Waals surface area contributed by atoms with E-state index in [1.807, 2.05) is 25.1 Å². The number of nitrogens with one attached hydrogen (secondary N) is 1. The Morgan fingerprint density at radius 1 is 1.08 bits per heavy atom. The molecular formula is C37H47ClN2O7S. The maximum Gasteiger partial charge on any atom is 0.264 e. The van der Waals surface area contributed by atoms with Gasteiger partial charge in [-0.15, -0.1) is 0 Å². The number of rotatable bonds is 7. The standard InChI is InChI=1S/C37H47ClN2O7S/c1-25-6-4-8-34(46-19-18-45-17-16-44-3)31-12-9-29(31)22-40-23-37(15-5-7-27-20-30(38)11-13-32(27)37)24-47-35-14-10-28(21-33(35)40)36(41)39-48(42,43)26(25)2/h4,8,10-14,20-21,25-26,29,34H,5-7,9,15-19,22-24H2,1-3H3,(H,39,41)/b8-4+/t25-,26+,29-,34-,37-/m0/s1. The molecule has 2 aromatic carbocycles. The topological polar surface area (TPSA) is 103 Å². The van der Waals surface area contributed by atoms with Crippen molar-refractivity contribution in [3.8, 4) is 5.75 Å². The highest BCUT2D eigenvalue weighted by Gasteiger charge is 2.43.